The van der Waals surface area contributed by atoms with E-state index in [4.69, 9.17) is 0 Å². The first-order valence-corrected chi connectivity index (χ1v) is 10.3. The standard InChI is InChI=1S/C21H23FN2S/c1-13-9-15(22)3-4-16(13)14-10-17-18-12-23-6-5-19(18)24-7-2-8-25-20(11-14)21(17)24/h3-4,9-11,18-19,23H,2,5-8,12H2,1H3/t18-,19-/m0/s1. The van der Waals surface area contributed by atoms with Crippen LogP contribution in [0.3, 0.4) is 0 Å². The van der Waals surface area contributed by atoms with Gasteiger partial charge in [0.2, 0.25) is 0 Å². The molecule has 0 bridgehead atoms. The van der Waals surface area contributed by atoms with E-state index < -0.39 is 0 Å². The number of anilines is 1. The van der Waals surface area contributed by atoms with Gasteiger partial charge in [0.25, 0.3) is 0 Å². The fourth-order valence-electron chi connectivity index (χ4n) is 4.83. The summed E-state index contributed by atoms with van der Waals surface area (Å²) in [6, 6.07) is 10.5. The van der Waals surface area contributed by atoms with Gasteiger partial charge in [0.05, 0.1) is 5.69 Å². The second-order valence-corrected chi connectivity index (χ2v) is 8.57. The Kier molecular flexibility index (Phi) is 3.79. The summed E-state index contributed by atoms with van der Waals surface area (Å²) in [5, 5.41) is 3.59. The van der Waals surface area contributed by atoms with E-state index in [1.54, 1.807) is 12.1 Å². The first kappa shape index (κ1) is 15.7. The van der Waals surface area contributed by atoms with Crippen LogP contribution in [0.1, 0.15) is 29.9 Å². The molecule has 1 fully saturated rings. The number of aryl methyl sites for hydroxylation is 1. The number of hydrogen-bond acceptors (Lipinski definition) is 3. The van der Waals surface area contributed by atoms with Gasteiger partial charge in [0, 0.05) is 29.9 Å². The van der Waals surface area contributed by atoms with Crippen molar-refractivity contribution in [2.24, 2.45) is 0 Å². The average Bonchev–Trinajstić information content (AvgIpc) is 2.77. The number of benzene rings is 2. The lowest BCUT2D eigenvalue weighted by atomic mass is 9.88. The smallest absolute Gasteiger partial charge is 0.123 e. The van der Waals surface area contributed by atoms with Gasteiger partial charge in [-0.2, -0.15) is 0 Å². The molecule has 3 heterocycles. The molecule has 0 spiro atoms. The normalized spacial score (nSPS) is 24.6. The minimum atomic E-state index is -0.155. The lowest BCUT2D eigenvalue weighted by molar-refractivity contribution is 0.403. The maximum Gasteiger partial charge on any atom is 0.123 e. The largest absolute Gasteiger partial charge is 0.367 e. The lowest BCUT2D eigenvalue weighted by Gasteiger charge is -2.33. The SMILES string of the molecule is Cc1cc(F)ccc1-c1cc2c3c(c1)[C@@H]1CNCC[C@@H]1N3CCCS2. The van der Waals surface area contributed by atoms with E-state index in [0.29, 0.717) is 12.0 Å². The molecule has 3 aliphatic heterocycles. The molecule has 0 saturated carbocycles. The van der Waals surface area contributed by atoms with Crippen molar-refractivity contribution >= 4 is 17.4 Å². The molecular weight excluding hydrogens is 331 g/mol. The van der Waals surface area contributed by atoms with Crippen molar-refractivity contribution < 1.29 is 4.39 Å². The Morgan fingerprint density at radius 2 is 2.16 bits per heavy atom. The molecular formula is C21H23FN2S. The van der Waals surface area contributed by atoms with Crippen molar-refractivity contribution in [3.8, 4) is 11.1 Å². The summed E-state index contributed by atoms with van der Waals surface area (Å²) in [5.74, 6) is 1.62. The van der Waals surface area contributed by atoms with Crippen LogP contribution in [0.15, 0.2) is 35.2 Å². The third-order valence-corrected chi connectivity index (χ3v) is 7.05. The highest BCUT2D eigenvalue weighted by Crippen LogP contribution is 2.51. The quantitative estimate of drug-likeness (QED) is 0.808. The average molecular weight is 354 g/mol. The van der Waals surface area contributed by atoms with Crippen LogP contribution in [0.4, 0.5) is 10.1 Å². The van der Waals surface area contributed by atoms with E-state index in [1.165, 1.54) is 46.8 Å². The molecule has 1 N–H and O–H groups in total. The van der Waals surface area contributed by atoms with Crippen molar-refractivity contribution in [1.82, 2.24) is 5.32 Å². The highest BCUT2D eigenvalue weighted by atomic mass is 32.2. The summed E-state index contributed by atoms with van der Waals surface area (Å²) >= 11 is 1.99. The van der Waals surface area contributed by atoms with E-state index in [2.05, 4.69) is 22.3 Å². The Bertz CT molecular complexity index is 835. The van der Waals surface area contributed by atoms with E-state index in [0.717, 1.165) is 24.2 Å². The van der Waals surface area contributed by atoms with Gasteiger partial charge in [0.1, 0.15) is 5.82 Å². The Balaban J connectivity index is 1.69. The van der Waals surface area contributed by atoms with Crippen molar-refractivity contribution in [2.45, 2.75) is 36.6 Å². The molecule has 130 valence electrons. The Labute approximate surface area is 152 Å². The number of fused-ring (bicyclic) bond motifs is 3. The molecule has 0 unspecified atom stereocenters. The molecule has 0 amide bonds. The lowest BCUT2D eigenvalue weighted by Crippen LogP contribution is -2.44. The van der Waals surface area contributed by atoms with Crippen LogP contribution < -0.4 is 10.2 Å². The predicted molar refractivity (Wildman–Crippen MR) is 103 cm³/mol. The summed E-state index contributed by atoms with van der Waals surface area (Å²) < 4.78 is 13.5. The van der Waals surface area contributed by atoms with E-state index in [-0.39, 0.29) is 5.82 Å². The predicted octanol–water partition coefficient (Wildman–Crippen LogP) is 4.56. The summed E-state index contributed by atoms with van der Waals surface area (Å²) in [6.07, 6.45) is 2.48. The molecule has 3 aliphatic rings. The number of rotatable bonds is 1. The Hall–Kier alpha value is -1.52. The van der Waals surface area contributed by atoms with Crippen LogP contribution in [-0.2, 0) is 0 Å². The molecule has 2 atom stereocenters. The summed E-state index contributed by atoms with van der Waals surface area (Å²) in [6.45, 7) is 5.39. The number of thioether (sulfide) groups is 1. The van der Waals surface area contributed by atoms with Crippen LogP contribution in [0.5, 0.6) is 0 Å². The number of piperidine rings is 1. The van der Waals surface area contributed by atoms with E-state index >= 15 is 0 Å². The monoisotopic (exact) mass is 354 g/mol. The van der Waals surface area contributed by atoms with Gasteiger partial charge in [-0.25, -0.2) is 4.39 Å². The van der Waals surface area contributed by atoms with Crippen molar-refractivity contribution in [3.05, 3.63) is 47.3 Å². The molecule has 0 aromatic heterocycles. The van der Waals surface area contributed by atoms with Crippen LogP contribution in [0.2, 0.25) is 0 Å². The number of halogens is 1. The van der Waals surface area contributed by atoms with Gasteiger partial charge >= 0.3 is 0 Å². The van der Waals surface area contributed by atoms with Crippen LogP contribution in [0, 0.1) is 12.7 Å². The van der Waals surface area contributed by atoms with Gasteiger partial charge in [-0.05, 0) is 78.6 Å². The Morgan fingerprint density at radius 1 is 1.24 bits per heavy atom. The van der Waals surface area contributed by atoms with Crippen molar-refractivity contribution in [3.63, 3.8) is 0 Å². The minimum Gasteiger partial charge on any atom is -0.367 e. The van der Waals surface area contributed by atoms with Gasteiger partial charge in [-0.1, -0.05) is 6.07 Å². The molecule has 0 aliphatic carbocycles. The molecule has 2 aromatic carbocycles. The number of nitrogens with zero attached hydrogens (tertiary/aromatic N) is 1. The second-order valence-electron chi connectivity index (χ2n) is 7.43. The van der Waals surface area contributed by atoms with Crippen molar-refractivity contribution in [2.75, 3.05) is 30.3 Å². The van der Waals surface area contributed by atoms with Crippen LogP contribution in [0.25, 0.3) is 11.1 Å². The second kappa shape index (κ2) is 6.03. The van der Waals surface area contributed by atoms with Crippen LogP contribution in [-0.4, -0.2) is 31.4 Å². The Morgan fingerprint density at radius 3 is 3.04 bits per heavy atom. The molecule has 2 nitrogen and oxygen atoms in total. The molecule has 5 rings (SSSR count). The number of hydrogen-bond donors (Lipinski definition) is 1. The highest BCUT2D eigenvalue weighted by molar-refractivity contribution is 7.99. The molecule has 0 radical (unpaired) electrons. The first-order chi connectivity index (χ1) is 12.2. The zero-order chi connectivity index (χ0) is 17.0. The molecule has 2 aromatic rings. The summed E-state index contributed by atoms with van der Waals surface area (Å²) in [5.41, 5.74) is 6.40. The molecule has 4 heteroatoms. The van der Waals surface area contributed by atoms with Crippen molar-refractivity contribution in [1.29, 1.82) is 0 Å². The maximum atomic E-state index is 13.5. The summed E-state index contributed by atoms with van der Waals surface area (Å²) in [4.78, 5) is 4.11. The van der Waals surface area contributed by atoms with Gasteiger partial charge in [0.15, 0.2) is 0 Å². The highest BCUT2D eigenvalue weighted by Gasteiger charge is 2.41. The maximum absolute atomic E-state index is 13.5. The first-order valence-electron chi connectivity index (χ1n) is 9.27. The van der Waals surface area contributed by atoms with Crippen LogP contribution >= 0.6 is 11.8 Å². The van der Waals surface area contributed by atoms with Gasteiger partial charge in [-0.3, -0.25) is 0 Å². The minimum absolute atomic E-state index is 0.155. The topological polar surface area (TPSA) is 15.3 Å². The summed E-state index contributed by atoms with van der Waals surface area (Å²) in [7, 11) is 0. The third-order valence-electron chi connectivity index (χ3n) is 5.94. The number of nitrogens with one attached hydrogen (secondary N) is 1. The van der Waals surface area contributed by atoms with E-state index in [1.807, 2.05) is 24.8 Å². The fraction of sp³-hybridized carbons (Fsp3) is 0.429. The van der Waals surface area contributed by atoms with Gasteiger partial charge in [-0.15, -0.1) is 11.8 Å². The zero-order valence-corrected chi connectivity index (χ0v) is 15.3. The zero-order valence-electron chi connectivity index (χ0n) is 14.5. The molecule has 1 saturated heterocycles. The fourth-order valence-corrected chi connectivity index (χ4v) is 5.91. The third kappa shape index (κ3) is 2.49. The molecule has 25 heavy (non-hydrogen) atoms. The van der Waals surface area contributed by atoms with Gasteiger partial charge < -0.3 is 10.2 Å². The van der Waals surface area contributed by atoms with E-state index in [9.17, 15) is 4.39 Å².